The Hall–Kier alpha value is -3.07. The van der Waals surface area contributed by atoms with Crippen LogP contribution in [0, 0.1) is 0 Å². The maximum atomic E-state index is 13.0. The second-order valence-corrected chi connectivity index (χ2v) is 8.20. The maximum Gasteiger partial charge on any atom is 0.251 e. The van der Waals surface area contributed by atoms with Crippen molar-refractivity contribution in [2.45, 2.75) is 37.5 Å². The number of halogens is 2. The quantitative estimate of drug-likeness (QED) is 0.714. The number of anilines is 1. The Morgan fingerprint density at radius 1 is 1.10 bits per heavy atom. The second-order valence-electron chi connectivity index (χ2n) is 8.20. The first-order chi connectivity index (χ1) is 14.5. The molecule has 3 aromatic rings. The van der Waals surface area contributed by atoms with Gasteiger partial charge in [-0.1, -0.05) is 0 Å². The van der Waals surface area contributed by atoms with Gasteiger partial charge in [-0.25, -0.2) is 23.4 Å². The summed E-state index contributed by atoms with van der Waals surface area (Å²) in [5.41, 5.74) is 3.77. The molecule has 6 rings (SSSR count). The van der Waals surface area contributed by atoms with Gasteiger partial charge in [-0.2, -0.15) is 5.10 Å². The summed E-state index contributed by atoms with van der Waals surface area (Å²) in [4.78, 5) is 11.0. The van der Waals surface area contributed by atoms with Crippen LogP contribution >= 0.6 is 0 Å². The number of hydrogen-bond donors (Lipinski definition) is 1. The number of fused-ring (bicyclic) bond motifs is 3. The third-order valence-corrected chi connectivity index (χ3v) is 5.96. The number of ether oxygens (including phenoxy) is 1. The van der Waals surface area contributed by atoms with E-state index in [9.17, 15) is 8.78 Å². The van der Waals surface area contributed by atoms with Crippen molar-refractivity contribution in [3.8, 4) is 23.0 Å². The van der Waals surface area contributed by atoms with Crippen molar-refractivity contribution in [3.05, 3.63) is 48.4 Å². The highest BCUT2D eigenvalue weighted by molar-refractivity contribution is 5.69. The van der Waals surface area contributed by atoms with Gasteiger partial charge in [-0.3, -0.25) is 0 Å². The van der Waals surface area contributed by atoms with Gasteiger partial charge in [0.1, 0.15) is 12.3 Å². The molecule has 7 nitrogen and oxygen atoms in total. The van der Waals surface area contributed by atoms with Crippen LogP contribution in [-0.2, 0) is 6.61 Å². The van der Waals surface area contributed by atoms with Crippen molar-refractivity contribution in [2.24, 2.45) is 0 Å². The SMILES string of the molecule is FC1(F)CC(NC2CN(c3ccc(-n4cc5c(n4)-c4cccnc4OC5)nc3)C2)C1. The number of pyridine rings is 2. The summed E-state index contributed by atoms with van der Waals surface area (Å²) >= 11 is 0. The normalized spacial score (nSPS) is 20.0. The van der Waals surface area contributed by atoms with Gasteiger partial charge in [-0.05, 0) is 24.3 Å². The maximum absolute atomic E-state index is 13.0. The van der Waals surface area contributed by atoms with Crippen LogP contribution < -0.4 is 15.0 Å². The minimum atomic E-state index is -2.47. The molecule has 9 heteroatoms. The van der Waals surface area contributed by atoms with E-state index in [4.69, 9.17) is 9.84 Å². The highest BCUT2D eigenvalue weighted by Crippen LogP contribution is 2.38. The average molecular weight is 410 g/mol. The first kappa shape index (κ1) is 17.8. The summed E-state index contributed by atoms with van der Waals surface area (Å²) in [5, 5.41) is 8.00. The van der Waals surface area contributed by atoms with Crippen LogP contribution in [0.15, 0.2) is 42.9 Å². The Morgan fingerprint density at radius 3 is 2.73 bits per heavy atom. The topological polar surface area (TPSA) is 68.1 Å². The van der Waals surface area contributed by atoms with Crippen molar-refractivity contribution in [1.29, 1.82) is 0 Å². The molecule has 1 aliphatic carbocycles. The molecule has 2 aliphatic heterocycles. The van der Waals surface area contributed by atoms with Crippen molar-refractivity contribution in [1.82, 2.24) is 25.1 Å². The first-order valence-electron chi connectivity index (χ1n) is 10.1. The molecule has 2 fully saturated rings. The molecule has 154 valence electrons. The Kier molecular flexibility index (Phi) is 3.83. The highest BCUT2D eigenvalue weighted by Gasteiger charge is 2.46. The Balaban J connectivity index is 1.12. The lowest BCUT2D eigenvalue weighted by Gasteiger charge is -2.46. The van der Waals surface area contributed by atoms with E-state index in [1.165, 1.54) is 0 Å². The average Bonchev–Trinajstić information content (AvgIpc) is 3.14. The van der Waals surface area contributed by atoms with Crippen molar-refractivity contribution >= 4 is 5.69 Å². The minimum Gasteiger partial charge on any atom is -0.472 e. The van der Waals surface area contributed by atoms with Crippen molar-refractivity contribution in [2.75, 3.05) is 18.0 Å². The minimum absolute atomic E-state index is 0.0425. The number of aromatic nitrogens is 4. The zero-order valence-electron chi connectivity index (χ0n) is 16.1. The zero-order valence-corrected chi connectivity index (χ0v) is 16.1. The molecule has 0 atom stereocenters. The third-order valence-electron chi connectivity index (χ3n) is 5.96. The van der Waals surface area contributed by atoms with Crippen LogP contribution in [0.2, 0.25) is 0 Å². The number of rotatable bonds is 4. The van der Waals surface area contributed by atoms with Gasteiger partial charge in [0, 0.05) is 56.0 Å². The Bertz CT molecular complexity index is 1090. The first-order valence-corrected chi connectivity index (χ1v) is 10.1. The molecule has 0 unspecified atom stereocenters. The van der Waals surface area contributed by atoms with E-state index in [0.29, 0.717) is 12.5 Å². The standard InChI is InChI=1S/C21H20F2N6O/c22-21(23)6-14(7-21)26-15-10-28(11-15)16-3-4-18(25-8-16)29-9-13-12-30-20-17(19(13)27-29)2-1-5-24-20/h1-5,8-9,14-15,26H,6-7,10-12H2. The molecule has 30 heavy (non-hydrogen) atoms. The van der Waals surface area contributed by atoms with E-state index in [0.717, 1.165) is 41.4 Å². The van der Waals surface area contributed by atoms with Crippen LogP contribution in [0.1, 0.15) is 18.4 Å². The molecular formula is C21H20F2N6O. The number of alkyl halides is 2. The molecule has 0 bridgehead atoms. The van der Waals surface area contributed by atoms with Crippen LogP contribution in [0.5, 0.6) is 5.88 Å². The van der Waals surface area contributed by atoms with E-state index in [1.54, 1.807) is 10.9 Å². The summed E-state index contributed by atoms with van der Waals surface area (Å²) in [7, 11) is 0. The summed E-state index contributed by atoms with van der Waals surface area (Å²) in [6, 6.07) is 7.98. The Labute approximate surface area is 171 Å². The highest BCUT2D eigenvalue weighted by atomic mass is 19.3. The van der Waals surface area contributed by atoms with Gasteiger partial charge in [0.05, 0.1) is 17.4 Å². The molecule has 1 N–H and O–H groups in total. The molecule has 1 saturated carbocycles. The fraction of sp³-hybridized carbons (Fsp3) is 0.381. The van der Waals surface area contributed by atoms with Crippen molar-refractivity contribution < 1.29 is 13.5 Å². The van der Waals surface area contributed by atoms with Crippen LogP contribution in [0.4, 0.5) is 14.5 Å². The molecule has 0 amide bonds. The van der Waals surface area contributed by atoms with Gasteiger partial charge in [0.25, 0.3) is 5.92 Å². The smallest absolute Gasteiger partial charge is 0.251 e. The number of nitrogens with one attached hydrogen (secondary N) is 1. The largest absolute Gasteiger partial charge is 0.472 e. The van der Waals surface area contributed by atoms with Gasteiger partial charge in [0.15, 0.2) is 5.82 Å². The molecule has 3 aliphatic rings. The van der Waals surface area contributed by atoms with Gasteiger partial charge in [0.2, 0.25) is 5.88 Å². The van der Waals surface area contributed by atoms with Gasteiger partial charge in [-0.15, -0.1) is 0 Å². The lowest BCUT2D eigenvalue weighted by Crippen LogP contribution is -2.63. The zero-order chi connectivity index (χ0) is 20.3. The monoisotopic (exact) mass is 410 g/mol. The van der Waals surface area contributed by atoms with Crippen LogP contribution in [0.3, 0.4) is 0 Å². The van der Waals surface area contributed by atoms with E-state index in [-0.39, 0.29) is 24.9 Å². The molecule has 1 saturated heterocycles. The van der Waals surface area contributed by atoms with Crippen LogP contribution in [-0.4, -0.2) is 50.8 Å². The van der Waals surface area contributed by atoms with Gasteiger partial charge < -0.3 is 15.0 Å². The molecule has 0 spiro atoms. The number of hydrogen-bond acceptors (Lipinski definition) is 6. The van der Waals surface area contributed by atoms with Gasteiger partial charge >= 0.3 is 0 Å². The van der Waals surface area contributed by atoms with E-state index in [1.807, 2.05) is 36.7 Å². The summed E-state index contributed by atoms with van der Waals surface area (Å²) in [6.45, 7) is 2.05. The summed E-state index contributed by atoms with van der Waals surface area (Å²) in [6.07, 6.45) is 5.39. The fourth-order valence-electron chi connectivity index (χ4n) is 4.30. The lowest BCUT2D eigenvalue weighted by atomic mass is 9.87. The lowest BCUT2D eigenvalue weighted by molar-refractivity contribution is -0.0952. The third kappa shape index (κ3) is 3.00. The predicted octanol–water partition coefficient (Wildman–Crippen LogP) is 2.80. The van der Waals surface area contributed by atoms with E-state index in [2.05, 4.69) is 20.2 Å². The van der Waals surface area contributed by atoms with Crippen molar-refractivity contribution in [3.63, 3.8) is 0 Å². The summed E-state index contributed by atoms with van der Waals surface area (Å²) in [5.74, 6) is -1.15. The Morgan fingerprint density at radius 2 is 1.97 bits per heavy atom. The molecule has 0 aromatic carbocycles. The van der Waals surface area contributed by atoms with E-state index < -0.39 is 5.92 Å². The van der Waals surface area contributed by atoms with Crippen LogP contribution in [0.25, 0.3) is 17.1 Å². The molecule has 5 heterocycles. The predicted molar refractivity (Wildman–Crippen MR) is 106 cm³/mol. The summed E-state index contributed by atoms with van der Waals surface area (Å²) < 4.78 is 33.4. The fourth-order valence-corrected chi connectivity index (χ4v) is 4.30. The number of nitrogens with zero attached hydrogens (tertiary/aromatic N) is 5. The molecule has 0 radical (unpaired) electrons. The van der Waals surface area contributed by atoms with E-state index >= 15 is 0 Å². The molecular weight excluding hydrogens is 390 g/mol. The molecule has 3 aromatic heterocycles. The second kappa shape index (κ2) is 6.46.